The minimum absolute atomic E-state index is 0.483. The number of rotatable bonds is 3. The second-order valence-corrected chi connectivity index (χ2v) is 2.80. The molecule has 1 heterocycles. The number of hydrogen-bond acceptors (Lipinski definition) is 3. The Bertz CT molecular complexity index is 250. The number of nitrogens with two attached hydrogens (primary N) is 1. The molecule has 3 N–H and O–H groups in total. The van der Waals surface area contributed by atoms with Gasteiger partial charge in [0.25, 0.3) is 0 Å². The van der Waals surface area contributed by atoms with Gasteiger partial charge in [-0.2, -0.15) is 0 Å². The van der Waals surface area contributed by atoms with Gasteiger partial charge in [0.05, 0.1) is 11.8 Å². The fraction of sp³-hybridized carbons (Fsp3) is 0.444. The van der Waals surface area contributed by atoms with Crippen LogP contribution in [0.15, 0.2) is 18.3 Å². The predicted octanol–water partition coefficient (Wildman–Crippen LogP) is 0.772. The minimum Gasteiger partial charge on any atom is -0.387 e. The van der Waals surface area contributed by atoms with Gasteiger partial charge in [0.2, 0.25) is 0 Å². The molecule has 0 aromatic carbocycles. The van der Waals surface area contributed by atoms with Crippen molar-refractivity contribution in [3.63, 3.8) is 0 Å². The lowest BCUT2D eigenvalue weighted by Crippen LogP contribution is -2.09. The Hall–Kier alpha value is -0.930. The first kappa shape index (κ1) is 9.16. The number of aliphatic hydroxyl groups is 1. The quantitative estimate of drug-likeness (QED) is 0.697. The van der Waals surface area contributed by atoms with E-state index in [1.807, 2.05) is 19.1 Å². The molecule has 1 aromatic rings. The molecule has 1 unspecified atom stereocenters. The van der Waals surface area contributed by atoms with Crippen LogP contribution in [0.2, 0.25) is 0 Å². The number of aliphatic hydroxyl groups excluding tert-OH is 1. The van der Waals surface area contributed by atoms with Crippen LogP contribution in [0.25, 0.3) is 0 Å². The van der Waals surface area contributed by atoms with Gasteiger partial charge in [-0.25, -0.2) is 0 Å². The number of nitrogens with zero attached hydrogens (tertiary/aromatic N) is 1. The van der Waals surface area contributed by atoms with Gasteiger partial charge in [-0.3, -0.25) is 4.98 Å². The van der Waals surface area contributed by atoms with E-state index in [4.69, 9.17) is 5.73 Å². The van der Waals surface area contributed by atoms with Gasteiger partial charge >= 0.3 is 0 Å². The summed E-state index contributed by atoms with van der Waals surface area (Å²) in [7, 11) is 0. The highest BCUT2D eigenvalue weighted by Crippen LogP contribution is 2.16. The Kier molecular flexibility index (Phi) is 3.19. The van der Waals surface area contributed by atoms with E-state index < -0.39 is 6.10 Å². The molecule has 0 bridgehead atoms. The third-order valence-electron chi connectivity index (χ3n) is 1.81. The number of aromatic nitrogens is 1. The molecule has 1 aromatic heterocycles. The molecule has 3 nitrogen and oxygen atoms in total. The molecule has 66 valence electrons. The van der Waals surface area contributed by atoms with Gasteiger partial charge < -0.3 is 10.8 Å². The zero-order valence-electron chi connectivity index (χ0n) is 7.20. The largest absolute Gasteiger partial charge is 0.387 e. The smallest absolute Gasteiger partial charge is 0.0974 e. The van der Waals surface area contributed by atoms with E-state index in [0.29, 0.717) is 13.0 Å². The molecule has 1 rings (SSSR count). The molecular formula is C9H14N2O. The van der Waals surface area contributed by atoms with Crippen LogP contribution in [0, 0.1) is 6.92 Å². The summed E-state index contributed by atoms with van der Waals surface area (Å²) >= 11 is 0. The van der Waals surface area contributed by atoms with Gasteiger partial charge in [-0.05, 0) is 31.5 Å². The molecule has 1 atom stereocenters. The van der Waals surface area contributed by atoms with E-state index in [2.05, 4.69) is 4.98 Å². The van der Waals surface area contributed by atoms with Gasteiger partial charge in [0, 0.05) is 6.20 Å². The summed E-state index contributed by atoms with van der Waals surface area (Å²) in [5.41, 5.74) is 7.08. The fourth-order valence-electron chi connectivity index (χ4n) is 1.14. The van der Waals surface area contributed by atoms with Crippen molar-refractivity contribution in [3.05, 3.63) is 29.6 Å². The first-order valence-electron chi connectivity index (χ1n) is 4.05. The molecule has 0 aliphatic carbocycles. The number of hydrogen-bond donors (Lipinski definition) is 2. The van der Waals surface area contributed by atoms with E-state index in [9.17, 15) is 5.11 Å². The van der Waals surface area contributed by atoms with Crippen LogP contribution in [0.1, 0.15) is 23.8 Å². The molecule has 0 aliphatic rings. The maximum Gasteiger partial charge on any atom is 0.0974 e. The summed E-state index contributed by atoms with van der Waals surface area (Å²) in [6.07, 6.45) is 1.73. The van der Waals surface area contributed by atoms with Crippen LogP contribution in [0.4, 0.5) is 0 Å². The van der Waals surface area contributed by atoms with Gasteiger partial charge in [0.1, 0.15) is 0 Å². The molecule has 0 saturated carbocycles. The summed E-state index contributed by atoms with van der Waals surface area (Å²) in [5.74, 6) is 0. The van der Waals surface area contributed by atoms with Crippen molar-refractivity contribution in [1.82, 2.24) is 4.98 Å². The topological polar surface area (TPSA) is 59.1 Å². The van der Waals surface area contributed by atoms with Crippen molar-refractivity contribution in [1.29, 1.82) is 0 Å². The Morgan fingerprint density at radius 3 is 3.00 bits per heavy atom. The van der Waals surface area contributed by atoms with Gasteiger partial charge in [0.15, 0.2) is 0 Å². The van der Waals surface area contributed by atoms with Crippen molar-refractivity contribution in [3.8, 4) is 0 Å². The molecule has 0 amide bonds. The average Bonchev–Trinajstić information content (AvgIpc) is 2.05. The third kappa shape index (κ3) is 2.03. The maximum atomic E-state index is 9.56. The fourth-order valence-corrected chi connectivity index (χ4v) is 1.14. The highest BCUT2D eigenvalue weighted by Gasteiger charge is 2.09. The van der Waals surface area contributed by atoms with Crippen LogP contribution in [0.3, 0.4) is 0 Å². The van der Waals surface area contributed by atoms with E-state index >= 15 is 0 Å². The lowest BCUT2D eigenvalue weighted by molar-refractivity contribution is 0.165. The van der Waals surface area contributed by atoms with Crippen LogP contribution >= 0.6 is 0 Å². The standard InChI is InChI=1S/C9H14N2O/c1-7-3-2-6-11-9(7)8(12)4-5-10/h2-3,6,8,12H,4-5,10H2,1H3. The number of aryl methyl sites for hydroxylation is 1. The third-order valence-corrected chi connectivity index (χ3v) is 1.81. The van der Waals surface area contributed by atoms with Crippen molar-refractivity contribution < 1.29 is 5.11 Å². The average molecular weight is 166 g/mol. The van der Waals surface area contributed by atoms with Crippen molar-refractivity contribution in [2.75, 3.05) is 6.54 Å². The second-order valence-electron chi connectivity index (χ2n) is 2.80. The first-order valence-corrected chi connectivity index (χ1v) is 4.05. The Morgan fingerprint density at radius 1 is 1.67 bits per heavy atom. The molecule has 12 heavy (non-hydrogen) atoms. The zero-order valence-corrected chi connectivity index (χ0v) is 7.20. The summed E-state index contributed by atoms with van der Waals surface area (Å²) in [4.78, 5) is 4.09. The number of pyridine rings is 1. The Balaban J connectivity index is 2.79. The summed E-state index contributed by atoms with van der Waals surface area (Å²) in [6, 6.07) is 3.79. The van der Waals surface area contributed by atoms with E-state index in [1.54, 1.807) is 6.20 Å². The monoisotopic (exact) mass is 166 g/mol. The molecule has 0 aliphatic heterocycles. The molecule has 0 radical (unpaired) electrons. The van der Waals surface area contributed by atoms with E-state index in [-0.39, 0.29) is 0 Å². The SMILES string of the molecule is Cc1cccnc1C(O)CCN. The molecule has 3 heteroatoms. The maximum absolute atomic E-state index is 9.56. The van der Waals surface area contributed by atoms with Crippen LogP contribution in [-0.2, 0) is 0 Å². The van der Waals surface area contributed by atoms with Gasteiger partial charge in [-0.15, -0.1) is 0 Å². The summed E-state index contributed by atoms with van der Waals surface area (Å²) in [6.45, 7) is 2.42. The highest BCUT2D eigenvalue weighted by atomic mass is 16.3. The van der Waals surface area contributed by atoms with Gasteiger partial charge in [-0.1, -0.05) is 6.07 Å². The molecular weight excluding hydrogens is 152 g/mol. The van der Waals surface area contributed by atoms with Crippen LogP contribution in [-0.4, -0.2) is 16.6 Å². The second kappa shape index (κ2) is 4.18. The van der Waals surface area contributed by atoms with Crippen molar-refractivity contribution in [2.45, 2.75) is 19.4 Å². The van der Waals surface area contributed by atoms with Crippen LogP contribution < -0.4 is 5.73 Å². The van der Waals surface area contributed by atoms with Crippen molar-refractivity contribution in [2.24, 2.45) is 5.73 Å². The van der Waals surface area contributed by atoms with Crippen LogP contribution in [0.5, 0.6) is 0 Å². The molecule has 0 spiro atoms. The minimum atomic E-state index is -0.517. The highest BCUT2D eigenvalue weighted by molar-refractivity contribution is 5.19. The van der Waals surface area contributed by atoms with Crippen molar-refractivity contribution >= 4 is 0 Å². The first-order chi connectivity index (χ1) is 5.75. The lowest BCUT2D eigenvalue weighted by atomic mass is 10.1. The van der Waals surface area contributed by atoms with E-state index in [1.165, 1.54) is 0 Å². The van der Waals surface area contributed by atoms with E-state index in [0.717, 1.165) is 11.3 Å². The normalized spacial score (nSPS) is 12.9. The Labute approximate surface area is 72.2 Å². The summed E-state index contributed by atoms with van der Waals surface area (Å²) < 4.78 is 0. The lowest BCUT2D eigenvalue weighted by Gasteiger charge is -2.10. The zero-order chi connectivity index (χ0) is 8.97. The predicted molar refractivity (Wildman–Crippen MR) is 47.6 cm³/mol. The Morgan fingerprint density at radius 2 is 2.42 bits per heavy atom. The molecule has 0 saturated heterocycles. The summed E-state index contributed by atoms with van der Waals surface area (Å²) in [5, 5.41) is 9.56. The molecule has 0 fully saturated rings.